The van der Waals surface area contributed by atoms with Gasteiger partial charge in [-0.15, -0.1) is 0 Å². The summed E-state index contributed by atoms with van der Waals surface area (Å²) in [6, 6.07) is 0. The first-order valence-corrected chi connectivity index (χ1v) is 13.7. The SMILES string of the molecule is CC(C)CCC1=CCC(OC(OC2CCCCC2)C2CCCC3CCCCC32)CC1. The van der Waals surface area contributed by atoms with E-state index in [1.807, 2.05) is 0 Å². The third-order valence-electron chi connectivity index (χ3n) is 8.68. The smallest absolute Gasteiger partial charge is 0.161 e. The molecule has 30 heavy (non-hydrogen) atoms. The zero-order valence-corrected chi connectivity index (χ0v) is 20.0. The molecule has 4 aliphatic rings. The molecule has 0 aliphatic heterocycles. The molecule has 5 unspecified atom stereocenters. The number of allylic oxidation sites excluding steroid dienone is 1. The lowest BCUT2D eigenvalue weighted by Gasteiger charge is -2.46. The van der Waals surface area contributed by atoms with E-state index in [9.17, 15) is 0 Å². The molecule has 2 heteroatoms. The van der Waals surface area contributed by atoms with Crippen molar-refractivity contribution in [2.75, 3.05) is 0 Å². The standard InChI is InChI=1S/C28H48O2/c1-21(2)15-16-22-17-19-25(20-18-22)30-28(29-24-11-4-3-5-12-24)27-14-8-10-23-9-6-7-13-26(23)27/h17,21,23-28H,3-16,18-20H2,1-2H3. The third kappa shape index (κ3) is 6.35. The number of fused-ring (bicyclic) bond motifs is 1. The Balaban J connectivity index is 1.39. The van der Waals surface area contributed by atoms with Crippen LogP contribution in [-0.2, 0) is 9.47 Å². The Hall–Kier alpha value is -0.340. The number of hydrogen-bond donors (Lipinski definition) is 0. The molecule has 3 fully saturated rings. The van der Waals surface area contributed by atoms with Crippen molar-refractivity contribution in [2.24, 2.45) is 23.7 Å². The van der Waals surface area contributed by atoms with Crippen LogP contribution in [0, 0.1) is 23.7 Å². The van der Waals surface area contributed by atoms with Gasteiger partial charge < -0.3 is 9.47 Å². The quantitative estimate of drug-likeness (QED) is 0.293. The molecule has 4 aliphatic carbocycles. The Labute approximate surface area is 186 Å². The Bertz CT molecular complexity index is 531. The van der Waals surface area contributed by atoms with Gasteiger partial charge in [0.1, 0.15) is 0 Å². The van der Waals surface area contributed by atoms with Crippen molar-refractivity contribution in [1.29, 1.82) is 0 Å². The van der Waals surface area contributed by atoms with E-state index in [-0.39, 0.29) is 6.29 Å². The summed E-state index contributed by atoms with van der Waals surface area (Å²) in [4.78, 5) is 0. The molecule has 0 amide bonds. The summed E-state index contributed by atoms with van der Waals surface area (Å²) in [7, 11) is 0. The second kappa shape index (κ2) is 11.5. The van der Waals surface area contributed by atoms with Crippen LogP contribution in [0.15, 0.2) is 11.6 Å². The van der Waals surface area contributed by atoms with Crippen LogP contribution in [0.3, 0.4) is 0 Å². The molecule has 0 N–H and O–H groups in total. The van der Waals surface area contributed by atoms with Gasteiger partial charge in [0, 0.05) is 5.92 Å². The van der Waals surface area contributed by atoms with E-state index >= 15 is 0 Å². The summed E-state index contributed by atoms with van der Waals surface area (Å²) in [5.74, 6) is 3.27. The first-order valence-electron chi connectivity index (χ1n) is 13.7. The van der Waals surface area contributed by atoms with E-state index in [4.69, 9.17) is 9.47 Å². The molecule has 0 aromatic carbocycles. The Morgan fingerprint density at radius 1 is 0.800 bits per heavy atom. The van der Waals surface area contributed by atoms with Gasteiger partial charge >= 0.3 is 0 Å². The molecule has 172 valence electrons. The van der Waals surface area contributed by atoms with E-state index < -0.39 is 0 Å². The first-order chi connectivity index (χ1) is 14.7. The number of ether oxygens (including phenoxy) is 2. The predicted octanol–water partition coefficient (Wildman–Crippen LogP) is 8.20. The van der Waals surface area contributed by atoms with Gasteiger partial charge in [-0.2, -0.15) is 0 Å². The van der Waals surface area contributed by atoms with Crippen molar-refractivity contribution in [3.8, 4) is 0 Å². The van der Waals surface area contributed by atoms with Crippen LogP contribution in [0.1, 0.15) is 123 Å². The molecule has 0 spiro atoms. The molecular formula is C28H48O2. The van der Waals surface area contributed by atoms with E-state index in [2.05, 4.69) is 19.9 Å². The zero-order valence-electron chi connectivity index (χ0n) is 20.0. The lowest BCUT2D eigenvalue weighted by atomic mass is 9.65. The summed E-state index contributed by atoms with van der Waals surface area (Å²) in [6.45, 7) is 4.68. The van der Waals surface area contributed by atoms with Gasteiger partial charge in [-0.25, -0.2) is 0 Å². The molecular weight excluding hydrogens is 368 g/mol. The molecule has 3 saturated carbocycles. The van der Waals surface area contributed by atoms with Gasteiger partial charge in [0.25, 0.3) is 0 Å². The predicted molar refractivity (Wildman–Crippen MR) is 125 cm³/mol. The molecule has 0 radical (unpaired) electrons. The Morgan fingerprint density at radius 3 is 2.30 bits per heavy atom. The highest BCUT2D eigenvalue weighted by Crippen LogP contribution is 2.46. The minimum Gasteiger partial charge on any atom is -0.349 e. The number of hydrogen-bond acceptors (Lipinski definition) is 2. The van der Waals surface area contributed by atoms with E-state index in [1.165, 1.54) is 103 Å². The molecule has 0 bridgehead atoms. The monoisotopic (exact) mass is 416 g/mol. The Kier molecular flexibility index (Phi) is 8.76. The van der Waals surface area contributed by atoms with Crippen LogP contribution in [-0.4, -0.2) is 18.5 Å². The number of rotatable bonds is 8. The first kappa shape index (κ1) is 22.8. The van der Waals surface area contributed by atoms with Crippen LogP contribution in [0.5, 0.6) is 0 Å². The van der Waals surface area contributed by atoms with Gasteiger partial charge in [0.2, 0.25) is 0 Å². The van der Waals surface area contributed by atoms with E-state index in [0.29, 0.717) is 18.1 Å². The second-order valence-corrected chi connectivity index (χ2v) is 11.4. The van der Waals surface area contributed by atoms with Crippen LogP contribution in [0.2, 0.25) is 0 Å². The van der Waals surface area contributed by atoms with Gasteiger partial charge in [-0.1, -0.05) is 76.9 Å². The van der Waals surface area contributed by atoms with Crippen LogP contribution >= 0.6 is 0 Å². The molecule has 0 saturated heterocycles. The maximum atomic E-state index is 6.89. The third-order valence-corrected chi connectivity index (χ3v) is 8.68. The molecule has 2 nitrogen and oxygen atoms in total. The average molecular weight is 417 g/mol. The molecule has 0 heterocycles. The minimum atomic E-state index is 0.0645. The van der Waals surface area contributed by atoms with Gasteiger partial charge in [0.05, 0.1) is 12.2 Å². The summed E-state index contributed by atoms with van der Waals surface area (Å²) in [5.41, 5.74) is 1.68. The highest BCUT2D eigenvalue weighted by Gasteiger charge is 2.41. The highest BCUT2D eigenvalue weighted by molar-refractivity contribution is 5.07. The largest absolute Gasteiger partial charge is 0.349 e. The summed E-state index contributed by atoms with van der Waals surface area (Å²) in [5, 5.41) is 0. The average Bonchev–Trinajstić information content (AvgIpc) is 2.78. The van der Waals surface area contributed by atoms with Gasteiger partial charge in [0.15, 0.2) is 6.29 Å². The second-order valence-electron chi connectivity index (χ2n) is 11.4. The van der Waals surface area contributed by atoms with E-state index in [1.54, 1.807) is 5.57 Å². The Morgan fingerprint density at radius 2 is 1.53 bits per heavy atom. The molecule has 0 aromatic rings. The van der Waals surface area contributed by atoms with Gasteiger partial charge in [-0.3, -0.25) is 0 Å². The molecule has 4 rings (SSSR count). The summed E-state index contributed by atoms with van der Waals surface area (Å²) < 4.78 is 13.7. The van der Waals surface area contributed by atoms with Crippen molar-refractivity contribution in [3.63, 3.8) is 0 Å². The van der Waals surface area contributed by atoms with Crippen molar-refractivity contribution < 1.29 is 9.47 Å². The van der Waals surface area contributed by atoms with Crippen molar-refractivity contribution in [2.45, 2.75) is 141 Å². The fourth-order valence-electron chi connectivity index (χ4n) is 6.83. The fourth-order valence-corrected chi connectivity index (χ4v) is 6.83. The minimum absolute atomic E-state index is 0.0645. The van der Waals surface area contributed by atoms with Crippen LogP contribution in [0.4, 0.5) is 0 Å². The van der Waals surface area contributed by atoms with Crippen molar-refractivity contribution in [3.05, 3.63) is 11.6 Å². The van der Waals surface area contributed by atoms with Crippen molar-refractivity contribution >= 4 is 0 Å². The highest BCUT2D eigenvalue weighted by atomic mass is 16.7. The van der Waals surface area contributed by atoms with Crippen LogP contribution in [0.25, 0.3) is 0 Å². The van der Waals surface area contributed by atoms with Crippen molar-refractivity contribution in [1.82, 2.24) is 0 Å². The zero-order chi connectivity index (χ0) is 20.8. The van der Waals surface area contributed by atoms with E-state index in [0.717, 1.165) is 24.2 Å². The fraction of sp³-hybridized carbons (Fsp3) is 0.929. The topological polar surface area (TPSA) is 18.5 Å². The molecule has 5 atom stereocenters. The maximum absolute atomic E-state index is 6.89. The normalized spacial score (nSPS) is 34.4. The lowest BCUT2D eigenvalue weighted by Crippen LogP contribution is -2.43. The summed E-state index contributed by atoms with van der Waals surface area (Å²) in [6.07, 6.45) is 26.1. The molecule has 0 aromatic heterocycles. The maximum Gasteiger partial charge on any atom is 0.161 e. The lowest BCUT2D eigenvalue weighted by molar-refractivity contribution is -0.241. The van der Waals surface area contributed by atoms with Crippen LogP contribution < -0.4 is 0 Å². The summed E-state index contributed by atoms with van der Waals surface area (Å²) >= 11 is 0. The van der Waals surface area contributed by atoms with Gasteiger partial charge in [-0.05, 0) is 75.5 Å².